The quantitative estimate of drug-likeness (QED) is 0.800. The molecule has 6 heteroatoms. The average molecular weight is 385 g/mol. The lowest BCUT2D eigenvalue weighted by Gasteiger charge is -2.08. The van der Waals surface area contributed by atoms with Gasteiger partial charge in [0.25, 0.3) is 0 Å². The Hall–Kier alpha value is -2.01. The van der Waals surface area contributed by atoms with E-state index in [1.807, 2.05) is 22.6 Å². The minimum absolute atomic E-state index is 0.0191. The third kappa shape index (κ3) is 2.63. The molecule has 0 fully saturated rings. The van der Waals surface area contributed by atoms with E-state index in [4.69, 9.17) is 10.4 Å². The van der Waals surface area contributed by atoms with Gasteiger partial charge in [0.1, 0.15) is 23.3 Å². The highest BCUT2D eigenvalue weighted by Crippen LogP contribution is 2.29. The van der Waals surface area contributed by atoms with E-state index in [2.05, 4.69) is 0 Å². The van der Waals surface area contributed by atoms with Gasteiger partial charge in [0.2, 0.25) is 0 Å². The monoisotopic (exact) mass is 385 g/mol. The number of carbonyl (C=O) groups is 1. The zero-order valence-corrected chi connectivity index (χ0v) is 12.0. The lowest BCUT2D eigenvalue weighted by Crippen LogP contribution is -1.98. The number of benzene rings is 2. The summed E-state index contributed by atoms with van der Waals surface area (Å²) < 4.78 is 27.9. The summed E-state index contributed by atoms with van der Waals surface area (Å²) in [5.41, 5.74) is -0.0528. The molecule has 0 spiro atoms. The van der Waals surface area contributed by atoms with Crippen molar-refractivity contribution in [1.82, 2.24) is 0 Å². The topological polar surface area (TPSA) is 61.1 Å². The molecule has 2 aromatic rings. The summed E-state index contributed by atoms with van der Waals surface area (Å²) in [5.74, 6) is -3.07. The minimum Gasteiger partial charge on any atom is -0.478 e. The molecule has 2 rings (SSSR count). The number of aromatic carboxylic acids is 1. The van der Waals surface area contributed by atoms with Crippen LogP contribution in [0.25, 0.3) is 11.1 Å². The minimum atomic E-state index is -1.13. The first kappa shape index (κ1) is 14.4. The van der Waals surface area contributed by atoms with E-state index in [1.165, 1.54) is 18.2 Å². The van der Waals surface area contributed by atoms with Crippen LogP contribution >= 0.6 is 22.6 Å². The van der Waals surface area contributed by atoms with E-state index in [0.717, 1.165) is 12.1 Å². The van der Waals surface area contributed by atoms with Crippen molar-refractivity contribution < 1.29 is 18.7 Å². The fraction of sp³-hybridized carbons (Fsp3) is 0. The molecule has 100 valence electrons. The molecule has 0 bridgehead atoms. The van der Waals surface area contributed by atoms with Crippen LogP contribution in [0.3, 0.4) is 0 Å². The molecule has 20 heavy (non-hydrogen) atoms. The summed E-state index contributed by atoms with van der Waals surface area (Å²) in [6.07, 6.45) is 0. The van der Waals surface area contributed by atoms with Crippen molar-refractivity contribution in [3.05, 3.63) is 56.7 Å². The molecule has 0 heterocycles. The molecule has 2 aromatic carbocycles. The third-order valence-corrected chi connectivity index (χ3v) is 3.62. The number of nitrogens with zero attached hydrogens (tertiary/aromatic N) is 1. The predicted octanol–water partition coefficient (Wildman–Crippen LogP) is 3.81. The normalized spacial score (nSPS) is 10.1. The van der Waals surface area contributed by atoms with Gasteiger partial charge in [-0.15, -0.1) is 0 Å². The Labute approximate surface area is 126 Å². The highest BCUT2D eigenvalue weighted by Gasteiger charge is 2.14. The predicted molar refractivity (Wildman–Crippen MR) is 76.2 cm³/mol. The van der Waals surface area contributed by atoms with Gasteiger partial charge in [-0.2, -0.15) is 5.26 Å². The van der Waals surface area contributed by atoms with Crippen LogP contribution in [0.15, 0.2) is 30.3 Å². The van der Waals surface area contributed by atoms with Crippen LogP contribution in [0, 0.1) is 26.5 Å². The average Bonchev–Trinajstić information content (AvgIpc) is 2.38. The van der Waals surface area contributed by atoms with Crippen molar-refractivity contribution in [2.45, 2.75) is 0 Å². The lowest BCUT2D eigenvalue weighted by atomic mass is 10.0. The number of hydrogen-bond donors (Lipinski definition) is 1. The van der Waals surface area contributed by atoms with Crippen molar-refractivity contribution in [3.63, 3.8) is 0 Å². The Morgan fingerprint density at radius 1 is 1.20 bits per heavy atom. The van der Waals surface area contributed by atoms with Crippen molar-refractivity contribution in [2.24, 2.45) is 0 Å². The Balaban J connectivity index is 2.66. The zero-order chi connectivity index (χ0) is 14.9. The summed E-state index contributed by atoms with van der Waals surface area (Å²) in [5, 5.41) is 17.6. The number of nitriles is 1. The smallest absolute Gasteiger partial charge is 0.335 e. The zero-order valence-electron chi connectivity index (χ0n) is 9.82. The summed E-state index contributed by atoms with van der Waals surface area (Å²) in [7, 11) is 0. The molecule has 0 aromatic heterocycles. The highest BCUT2D eigenvalue weighted by molar-refractivity contribution is 14.1. The van der Waals surface area contributed by atoms with E-state index < -0.39 is 23.2 Å². The van der Waals surface area contributed by atoms with Gasteiger partial charge in [-0.25, -0.2) is 13.6 Å². The number of hydrogen-bond acceptors (Lipinski definition) is 2. The molecule has 0 saturated heterocycles. The van der Waals surface area contributed by atoms with Gasteiger partial charge in [-0.3, -0.25) is 0 Å². The number of halogens is 3. The largest absolute Gasteiger partial charge is 0.478 e. The van der Waals surface area contributed by atoms with Gasteiger partial charge in [0.15, 0.2) is 0 Å². The fourth-order valence-corrected chi connectivity index (χ4v) is 2.36. The van der Waals surface area contributed by atoms with E-state index in [-0.39, 0.29) is 11.1 Å². The lowest BCUT2D eigenvalue weighted by molar-refractivity contribution is 0.0697. The maximum Gasteiger partial charge on any atom is 0.335 e. The molecule has 0 unspecified atom stereocenters. The molecule has 1 N–H and O–H groups in total. The van der Waals surface area contributed by atoms with Crippen LogP contribution in [0.2, 0.25) is 0 Å². The Bertz CT molecular complexity index is 730. The number of carboxylic acid groups (broad SMARTS) is 1. The van der Waals surface area contributed by atoms with Crippen LogP contribution in [-0.4, -0.2) is 11.1 Å². The van der Waals surface area contributed by atoms with Crippen LogP contribution in [0.1, 0.15) is 15.9 Å². The molecule has 0 atom stereocenters. The van der Waals surface area contributed by atoms with E-state index in [0.29, 0.717) is 9.13 Å². The van der Waals surface area contributed by atoms with Crippen LogP contribution in [-0.2, 0) is 0 Å². The SMILES string of the molecule is N#Cc1c(F)cc(-c2cc(C(=O)O)ccc2I)cc1F. The second-order valence-electron chi connectivity index (χ2n) is 3.93. The van der Waals surface area contributed by atoms with Crippen LogP contribution < -0.4 is 0 Å². The van der Waals surface area contributed by atoms with Gasteiger partial charge >= 0.3 is 5.97 Å². The fourth-order valence-electron chi connectivity index (χ4n) is 1.71. The maximum atomic E-state index is 13.6. The molecule has 0 amide bonds. The van der Waals surface area contributed by atoms with E-state index >= 15 is 0 Å². The van der Waals surface area contributed by atoms with Gasteiger partial charge in [-0.1, -0.05) is 0 Å². The van der Waals surface area contributed by atoms with Gasteiger partial charge in [0.05, 0.1) is 5.56 Å². The van der Waals surface area contributed by atoms with Gasteiger partial charge in [-0.05, 0) is 64.0 Å². The molecule has 0 radical (unpaired) electrons. The molecule has 0 saturated carbocycles. The number of rotatable bonds is 2. The second kappa shape index (κ2) is 5.54. The molecular formula is C14H6F2INO2. The second-order valence-corrected chi connectivity index (χ2v) is 5.09. The van der Waals surface area contributed by atoms with Crippen LogP contribution in [0.5, 0.6) is 0 Å². The third-order valence-electron chi connectivity index (χ3n) is 2.68. The summed E-state index contributed by atoms with van der Waals surface area (Å²) >= 11 is 1.94. The highest BCUT2D eigenvalue weighted by atomic mass is 127. The Kier molecular flexibility index (Phi) is 3.99. The molecule has 3 nitrogen and oxygen atoms in total. The maximum absolute atomic E-state index is 13.6. The Morgan fingerprint density at radius 2 is 1.80 bits per heavy atom. The summed E-state index contributed by atoms with van der Waals surface area (Å²) in [6, 6.07) is 7.77. The molecule has 0 aliphatic rings. The van der Waals surface area contributed by atoms with E-state index in [1.54, 1.807) is 6.07 Å². The van der Waals surface area contributed by atoms with Gasteiger partial charge < -0.3 is 5.11 Å². The summed E-state index contributed by atoms with van der Waals surface area (Å²) in [4.78, 5) is 10.9. The molecule has 0 aliphatic heterocycles. The van der Waals surface area contributed by atoms with Gasteiger partial charge in [0, 0.05) is 3.57 Å². The first-order chi connectivity index (χ1) is 9.43. The molecule has 0 aliphatic carbocycles. The van der Waals surface area contributed by atoms with E-state index in [9.17, 15) is 13.6 Å². The van der Waals surface area contributed by atoms with Crippen molar-refractivity contribution >= 4 is 28.6 Å². The summed E-state index contributed by atoms with van der Waals surface area (Å²) in [6.45, 7) is 0. The van der Waals surface area contributed by atoms with Crippen molar-refractivity contribution in [3.8, 4) is 17.2 Å². The number of carboxylic acids is 1. The standard InChI is InChI=1S/C14H6F2INO2/c15-11-4-8(5-12(16)10(11)6-18)9-3-7(14(19)20)1-2-13(9)17/h1-5H,(H,19,20). The Morgan fingerprint density at radius 3 is 2.30 bits per heavy atom. The first-order valence-electron chi connectivity index (χ1n) is 5.36. The van der Waals surface area contributed by atoms with Crippen molar-refractivity contribution in [2.75, 3.05) is 0 Å². The first-order valence-corrected chi connectivity index (χ1v) is 6.44. The van der Waals surface area contributed by atoms with Crippen LogP contribution in [0.4, 0.5) is 8.78 Å². The van der Waals surface area contributed by atoms with Crippen molar-refractivity contribution in [1.29, 1.82) is 5.26 Å². The molecular weight excluding hydrogens is 379 g/mol.